The van der Waals surface area contributed by atoms with Gasteiger partial charge in [-0.1, -0.05) is 71.9 Å². The van der Waals surface area contributed by atoms with Gasteiger partial charge in [0, 0.05) is 51.4 Å². The second kappa shape index (κ2) is 24.6. The van der Waals surface area contributed by atoms with Gasteiger partial charge >= 0.3 is 5.97 Å². The van der Waals surface area contributed by atoms with E-state index in [1.807, 2.05) is 45.1 Å². The molecule has 14 nitrogen and oxygen atoms in total. The molecule has 0 aromatic heterocycles. The van der Waals surface area contributed by atoms with Crippen LogP contribution in [0.2, 0.25) is 0 Å². The summed E-state index contributed by atoms with van der Waals surface area (Å²) in [6, 6.07) is -1.15. The van der Waals surface area contributed by atoms with E-state index in [1.165, 1.54) is 11.0 Å². The summed E-state index contributed by atoms with van der Waals surface area (Å²) in [7, 11) is 3.16. The van der Waals surface area contributed by atoms with Crippen LogP contribution >= 0.6 is 0 Å². The number of nitrogens with zero attached hydrogens (tertiary/aromatic N) is 1. The van der Waals surface area contributed by atoms with E-state index in [2.05, 4.69) is 0 Å². The van der Waals surface area contributed by atoms with Crippen LogP contribution in [0.15, 0.2) is 36.0 Å². The van der Waals surface area contributed by atoms with Crippen molar-refractivity contribution in [2.75, 3.05) is 20.8 Å². The van der Waals surface area contributed by atoms with Gasteiger partial charge in [0.05, 0.1) is 24.4 Å². The molecule has 3 aliphatic heterocycles. The summed E-state index contributed by atoms with van der Waals surface area (Å²) >= 11 is 0. The monoisotopic (exact) mass is 902 g/mol. The minimum atomic E-state index is -2.42. The Morgan fingerprint density at radius 3 is 2.25 bits per heavy atom. The Balaban J connectivity index is 1.67. The van der Waals surface area contributed by atoms with Gasteiger partial charge in [-0.15, -0.1) is 0 Å². The SMILES string of the molecule is CO[C@H]1C[C@H]2CC[C@@H](C)[C@@](O)(O2)C(=O)C(=O)N2CCCC[C@H]2C(=O)O[C@H]([C@H](C)C[C@@H]2CC[C@@H](O)[C@H](OC)C2)CC(=O)[C@H](C)/C=C(\C)[C@@H](O)[C@@H](O)C(=O)[C@H](C)C[C@H](C)/C=C/C=CC[C@@H]1C. The third kappa shape index (κ3) is 14.0. The van der Waals surface area contributed by atoms with Crippen LogP contribution in [0, 0.1) is 41.4 Å². The zero-order valence-corrected chi connectivity index (χ0v) is 39.9. The molecule has 16 atom stereocenters. The molecule has 362 valence electrons. The van der Waals surface area contributed by atoms with Gasteiger partial charge < -0.3 is 44.3 Å². The van der Waals surface area contributed by atoms with Gasteiger partial charge in [-0.3, -0.25) is 19.2 Å². The first-order chi connectivity index (χ1) is 30.2. The highest BCUT2D eigenvalue weighted by atomic mass is 16.6. The Bertz CT molecular complexity index is 1680. The van der Waals surface area contributed by atoms with Crippen LogP contribution in [0.3, 0.4) is 0 Å². The van der Waals surface area contributed by atoms with E-state index in [4.69, 9.17) is 18.9 Å². The van der Waals surface area contributed by atoms with E-state index in [0.29, 0.717) is 70.6 Å². The number of fused-ring (bicyclic) bond motifs is 3. The third-order valence-corrected chi connectivity index (χ3v) is 14.6. The van der Waals surface area contributed by atoms with Gasteiger partial charge in [0.25, 0.3) is 11.7 Å². The molecular formula is C50H79NO13. The first-order valence-corrected chi connectivity index (χ1v) is 23.9. The fourth-order valence-corrected chi connectivity index (χ4v) is 10.2. The summed E-state index contributed by atoms with van der Waals surface area (Å²) in [5.74, 6) is -8.44. The van der Waals surface area contributed by atoms with Crippen molar-refractivity contribution >= 4 is 29.2 Å². The second-order valence-electron chi connectivity index (χ2n) is 19.8. The number of carbonyl (C=O) groups is 5. The number of amides is 1. The number of methoxy groups -OCH3 is 2. The number of hydrogen-bond donors (Lipinski definition) is 4. The molecule has 4 N–H and O–H groups in total. The number of carbonyl (C=O) groups excluding carboxylic acids is 5. The Morgan fingerprint density at radius 2 is 1.56 bits per heavy atom. The first-order valence-electron chi connectivity index (χ1n) is 23.9. The number of allylic oxidation sites excluding steroid dienone is 5. The van der Waals surface area contributed by atoms with E-state index in [-0.39, 0.29) is 66.6 Å². The van der Waals surface area contributed by atoms with Crippen molar-refractivity contribution in [1.82, 2.24) is 4.90 Å². The van der Waals surface area contributed by atoms with Crippen molar-refractivity contribution in [3.63, 3.8) is 0 Å². The summed E-state index contributed by atoms with van der Waals surface area (Å²) in [6.07, 6.45) is 9.29. The standard InChI is InChI=1S/C50H79NO13/c1-29-15-11-10-12-16-30(2)41(61-8)27-37-20-18-35(7)50(60,64-37)47(57)48(58)51-22-14-13-17-38(51)49(59)63-42(32(4)25-36-19-21-39(52)43(26-36)62-9)28-40(53)31(3)24-34(6)45(55)46(56)44(54)33(5)23-29/h10-12,15,24,29-33,35-39,41-43,45-46,52,55-56,60H,13-14,16-23,25-28H2,1-9H3/b12-10?,15-11+,34-24+/t29-,30+,31-,32-,33-,35-,36+,37-,38+,39-,41+,42+,43-,45-,46+,50-/m1/s1. The molecule has 4 aliphatic rings. The number of cyclic esters (lactones) is 1. The number of aliphatic hydroxyl groups excluding tert-OH is 3. The van der Waals surface area contributed by atoms with Crippen LogP contribution in [0.25, 0.3) is 0 Å². The van der Waals surface area contributed by atoms with Crippen molar-refractivity contribution < 1.29 is 63.3 Å². The number of rotatable bonds is 5. The Labute approximate surface area is 381 Å². The van der Waals surface area contributed by atoms with E-state index in [9.17, 15) is 44.4 Å². The Morgan fingerprint density at radius 1 is 0.859 bits per heavy atom. The summed E-state index contributed by atoms with van der Waals surface area (Å²) in [5.41, 5.74) is 0.249. The summed E-state index contributed by atoms with van der Waals surface area (Å²) in [5, 5.41) is 44.5. The van der Waals surface area contributed by atoms with Gasteiger partial charge in [0.15, 0.2) is 5.78 Å². The normalized spacial score (nSPS) is 40.8. The number of hydrogen-bond acceptors (Lipinski definition) is 13. The van der Waals surface area contributed by atoms with Crippen LogP contribution in [0.5, 0.6) is 0 Å². The molecule has 1 saturated carbocycles. The lowest BCUT2D eigenvalue weighted by molar-refractivity contribution is -0.267. The zero-order valence-electron chi connectivity index (χ0n) is 39.9. The van der Waals surface area contributed by atoms with Crippen molar-refractivity contribution in [2.24, 2.45) is 41.4 Å². The van der Waals surface area contributed by atoms with Crippen LogP contribution in [-0.4, -0.2) is 130 Å². The fraction of sp³-hybridized carbons (Fsp3) is 0.780. The molecule has 0 aromatic carbocycles. The van der Waals surface area contributed by atoms with Crippen LogP contribution in [0.4, 0.5) is 0 Å². The largest absolute Gasteiger partial charge is 0.460 e. The number of Topliss-reactive ketones (excluding diaryl/α,β-unsaturated/α-hetero) is 3. The lowest BCUT2D eigenvalue weighted by Gasteiger charge is -2.43. The molecule has 0 unspecified atom stereocenters. The average Bonchev–Trinajstić information content (AvgIpc) is 3.27. The molecule has 2 saturated heterocycles. The lowest BCUT2D eigenvalue weighted by Crippen LogP contribution is -2.61. The van der Waals surface area contributed by atoms with Gasteiger partial charge in [-0.2, -0.15) is 0 Å². The molecule has 3 heterocycles. The van der Waals surface area contributed by atoms with Crippen LogP contribution in [0.1, 0.15) is 132 Å². The maximum absolute atomic E-state index is 14.3. The maximum atomic E-state index is 14.3. The smallest absolute Gasteiger partial charge is 0.329 e. The number of ether oxygens (including phenoxy) is 4. The summed E-state index contributed by atoms with van der Waals surface area (Å²) in [6.45, 7) is 12.6. The van der Waals surface area contributed by atoms with E-state index in [1.54, 1.807) is 41.9 Å². The van der Waals surface area contributed by atoms with Crippen molar-refractivity contribution in [3.05, 3.63) is 36.0 Å². The van der Waals surface area contributed by atoms with Crippen molar-refractivity contribution in [1.29, 1.82) is 0 Å². The summed E-state index contributed by atoms with van der Waals surface area (Å²) in [4.78, 5) is 71.2. The van der Waals surface area contributed by atoms with E-state index >= 15 is 0 Å². The summed E-state index contributed by atoms with van der Waals surface area (Å²) < 4.78 is 23.8. The van der Waals surface area contributed by atoms with Gasteiger partial charge in [0.1, 0.15) is 30.1 Å². The average molecular weight is 902 g/mol. The highest BCUT2D eigenvalue weighted by Crippen LogP contribution is 2.38. The van der Waals surface area contributed by atoms with E-state index < -0.39 is 83.5 Å². The zero-order chi connectivity index (χ0) is 47.5. The Kier molecular flexibility index (Phi) is 20.6. The molecule has 0 spiro atoms. The molecular weight excluding hydrogens is 823 g/mol. The number of piperidine rings is 1. The van der Waals surface area contributed by atoms with Gasteiger partial charge in [0.2, 0.25) is 5.79 Å². The number of aliphatic hydroxyl groups is 4. The predicted octanol–water partition coefficient (Wildman–Crippen LogP) is 5.61. The van der Waals surface area contributed by atoms with E-state index in [0.717, 1.165) is 0 Å². The molecule has 3 fully saturated rings. The minimum absolute atomic E-state index is 0.0158. The van der Waals surface area contributed by atoms with Gasteiger partial charge in [-0.25, -0.2) is 4.79 Å². The maximum Gasteiger partial charge on any atom is 0.329 e. The Hall–Kier alpha value is -3.11. The van der Waals surface area contributed by atoms with Gasteiger partial charge in [-0.05, 0) is 107 Å². The quantitative estimate of drug-likeness (QED) is 0.151. The minimum Gasteiger partial charge on any atom is -0.460 e. The molecule has 64 heavy (non-hydrogen) atoms. The third-order valence-electron chi connectivity index (χ3n) is 14.6. The molecule has 1 amide bonds. The second-order valence-corrected chi connectivity index (χ2v) is 19.8. The molecule has 0 aromatic rings. The molecule has 1 aliphatic carbocycles. The predicted molar refractivity (Wildman–Crippen MR) is 240 cm³/mol. The number of esters is 1. The molecule has 4 rings (SSSR count). The molecule has 14 heteroatoms. The van der Waals surface area contributed by atoms with Crippen molar-refractivity contribution in [2.45, 2.75) is 186 Å². The topological polar surface area (TPSA) is 206 Å². The first kappa shape index (κ1) is 53.5. The van der Waals surface area contributed by atoms with Crippen LogP contribution < -0.4 is 0 Å². The number of ketones is 3. The highest BCUT2D eigenvalue weighted by molar-refractivity contribution is 6.39. The van der Waals surface area contributed by atoms with Crippen molar-refractivity contribution in [3.8, 4) is 0 Å². The fourth-order valence-electron chi connectivity index (χ4n) is 10.2. The lowest BCUT2D eigenvalue weighted by atomic mass is 9.78. The molecule has 0 radical (unpaired) electrons. The highest BCUT2D eigenvalue weighted by Gasteiger charge is 2.53. The van der Waals surface area contributed by atoms with Crippen LogP contribution in [-0.2, 0) is 42.9 Å². The molecule has 2 bridgehead atoms.